The van der Waals surface area contributed by atoms with Gasteiger partial charge in [-0.05, 0) is 60.5 Å². The van der Waals surface area contributed by atoms with Crippen LogP contribution in [0.15, 0.2) is 24.3 Å². The van der Waals surface area contributed by atoms with E-state index in [2.05, 4.69) is 65.8 Å². The van der Waals surface area contributed by atoms with Crippen molar-refractivity contribution in [3.63, 3.8) is 0 Å². The van der Waals surface area contributed by atoms with Gasteiger partial charge in [0.15, 0.2) is 0 Å². The zero-order chi connectivity index (χ0) is 20.9. The molecule has 1 aromatic carbocycles. The summed E-state index contributed by atoms with van der Waals surface area (Å²) in [5.41, 5.74) is 0. The molecule has 0 aliphatic heterocycles. The van der Waals surface area contributed by atoms with Crippen LogP contribution in [0.1, 0.15) is 80.1 Å². The van der Waals surface area contributed by atoms with Crippen molar-refractivity contribution in [2.24, 2.45) is 0 Å². The monoisotopic (exact) mass is 422 g/mol. The van der Waals surface area contributed by atoms with Crippen molar-refractivity contribution in [3.05, 3.63) is 24.3 Å². The molecule has 4 heteroatoms. The SMILES string of the molecule is CCC[Si](CCC)(CCC)Oc1ccc(O[Si](CCC)(CCC)CCC)cc1. The molecule has 0 aromatic heterocycles. The average Bonchev–Trinajstić information content (AvgIpc) is 2.65. The highest BCUT2D eigenvalue weighted by molar-refractivity contribution is 6.75. The first-order valence-electron chi connectivity index (χ1n) is 12.0. The molecule has 0 unspecified atom stereocenters. The van der Waals surface area contributed by atoms with Gasteiger partial charge in [-0.25, -0.2) is 0 Å². The van der Waals surface area contributed by atoms with Crippen LogP contribution in [0.2, 0.25) is 36.3 Å². The van der Waals surface area contributed by atoms with Crippen molar-refractivity contribution in [3.8, 4) is 11.5 Å². The number of hydrogen-bond acceptors (Lipinski definition) is 2. The standard InChI is InChI=1S/C24H46O2Si2/c1-7-17-27(18-8-2,19-9-3)25-23-13-15-24(16-14-23)26-28(20-10-4,21-11-5)22-12-6/h13-16H,7-12,17-22H2,1-6H3. The Morgan fingerprint density at radius 1 is 0.464 bits per heavy atom. The summed E-state index contributed by atoms with van der Waals surface area (Å²) in [6, 6.07) is 16.3. The average molecular weight is 423 g/mol. The molecule has 1 aromatic rings. The first-order chi connectivity index (χ1) is 13.5. The van der Waals surface area contributed by atoms with E-state index in [-0.39, 0.29) is 0 Å². The van der Waals surface area contributed by atoms with Gasteiger partial charge in [-0.1, -0.05) is 80.1 Å². The lowest BCUT2D eigenvalue weighted by Crippen LogP contribution is -2.41. The van der Waals surface area contributed by atoms with E-state index in [0.29, 0.717) is 0 Å². The van der Waals surface area contributed by atoms with Crippen LogP contribution in [-0.4, -0.2) is 16.6 Å². The number of rotatable bonds is 16. The Balaban J connectivity index is 2.95. The van der Waals surface area contributed by atoms with Crippen LogP contribution in [0.25, 0.3) is 0 Å². The van der Waals surface area contributed by atoms with Crippen molar-refractivity contribution in [2.75, 3.05) is 0 Å². The highest BCUT2D eigenvalue weighted by atomic mass is 28.4. The Labute approximate surface area is 177 Å². The van der Waals surface area contributed by atoms with Crippen molar-refractivity contribution in [2.45, 2.75) is 116 Å². The molecule has 0 saturated heterocycles. The maximum Gasteiger partial charge on any atom is 0.251 e. The van der Waals surface area contributed by atoms with Gasteiger partial charge >= 0.3 is 0 Å². The predicted molar refractivity (Wildman–Crippen MR) is 130 cm³/mol. The first kappa shape index (κ1) is 25.3. The Hall–Kier alpha value is -0.746. The smallest absolute Gasteiger partial charge is 0.251 e. The van der Waals surface area contributed by atoms with E-state index >= 15 is 0 Å². The number of hydrogen-bond donors (Lipinski definition) is 0. The minimum Gasteiger partial charge on any atom is -0.543 e. The molecular weight excluding hydrogens is 376 g/mol. The molecule has 0 saturated carbocycles. The van der Waals surface area contributed by atoms with Crippen LogP contribution in [-0.2, 0) is 0 Å². The van der Waals surface area contributed by atoms with Gasteiger partial charge in [-0.2, -0.15) is 0 Å². The molecule has 0 aliphatic rings. The van der Waals surface area contributed by atoms with E-state index in [1.807, 2.05) is 0 Å². The topological polar surface area (TPSA) is 18.5 Å². The van der Waals surface area contributed by atoms with Gasteiger partial charge in [0.1, 0.15) is 11.5 Å². The quantitative estimate of drug-likeness (QED) is 0.248. The molecule has 1 rings (SSSR count). The largest absolute Gasteiger partial charge is 0.543 e. The summed E-state index contributed by atoms with van der Waals surface area (Å²) in [6.07, 6.45) is 7.37. The van der Waals surface area contributed by atoms with E-state index in [9.17, 15) is 0 Å². The second-order valence-electron chi connectivity index (χ2n) is 8.54. The van der Waals surface area contributed by atoms with Gasteiger partial charge in [0, 0.05) is 0 Å². The van der Waals surface area contributed by atoms with Gasteiger partial charge in [0.05, 0.1) is 0 Å². The molecule has 28 heavy (non-hydrogen) atoms. The fourth-order valence-corrected chi connectivity index (χ4v) is 13.7. The number of benzene rings is 1. The van der Waals surface area contributed by atoms with Crippen LogP contribution in [0.5, 0.6) is 11.5 Å². The lowest BCUT2D eigenvalue weighted by Gasteiger charge is -2.33. The second-order valence-corrected chi connectivity index (χ2v) is 16.7. The van der Waals surface area contributed by atoms with Gasteiger partial charge in [0.2, 0.25) is 0 Å². The lowest BCUT2D eigenvalue weighted by atomic mass is 10.3. The fraction of sp³-hybridized carbons (Fsp3) is 0.750. The summed E-state index contributed by atoms with van der Waals surface area (Å²) < 4.78 is 13.5. The second kappa shape index (κ2) is 13.5. The van der Waals surface area contributed by atoms with Gasteiger partial charge in [0.25, 0.3) is 16.6 Å². The molecule has 0 N–H and O–H groups in total. The molecule has 0 bridgehead atoms. The summed E-state index contributed by atoms with van der Waals surface area (Å²) in [4.78, 5) is 0. The van der Waals surface area contributed by atoms with Crippen LogP contribution in [0.4, 0.5) is 0 Å². The van der Waals surface area contributed by atoms with E-state index in [0.717, 1.165) is 11.5 Å². The van der Waals surface area contributed by atoms with E-state index < -0.39 is 16.6 Å². The highest BCUT2D eigenvalue weighted by Gasteiger charge is 2.35. The molecule has 0 heterocycles. The minimum atomic E-state index is -1.67. The van der Waals surface area contributed by atoms with Crippen molar-refractivity contribution < 1.29 is 8.85 Å². The Morgan fingerprint density at radius 2 is 0.679 bits per heavy atom. The Morgan fingerprint density at radius 3 is 0.857 bits per heavy atom. The summed E-state index contributed by atoms with van der Waals surface area (Å²) >= 11 is 0. The predicted octanol–water partition coefficient (Wildman–Crippen LogP) is 8.80. The van der Waals surface area contributed by atoms with Crippen LogP contribution in [0.3, 0.4) is 0 Å². The molecule has 162 valence electrons. The van der Waals surface area contributed by atoms with E-state index in [1.54, 1.807) is 0 Å². The molecule has 0 aliphatic carbocycles. The highest BCUT2D eigenvalue weighted by Crippen LogP contribution is 2.33. The van der Waals surface area contributed by atoms with Gasteiger partial charge in [-0.15, -0.1) is 0 Å². The molecule has 0 fully saturated rings. The minimum absolute atomic E-state index is 1.06. The maximum absolute atomic E-state index is 6.75. The summed E-state index contributed by atoms with van der Waals surface area (Å²) in [7, 11) is -3.34. The molecular formula is C24H46O2Si2. The summed E-state index contributed by atoms with van der Waals surface area (Å²) in [6.45, 7) is 13.8. The van der Waals surface area contributed by atoms with E-state index in [1.165, 1.54) is 74.8 Å². The van der Waals surface area contributed by atoms with Crippen molar-refractivity contribution >= 4 is 16.6 Å². The third-order valence-corrected chi connectivity index (χ3v) is 15.5. The third kappa shape index (κ3) is 7.94. The zero-order valence-corrected chi connectivity index (χ0v) is 21.6. The lowest BCUT2D eigenvalue weighted by molar-refractivity contribution is 0.506. The van der Waals surface area contributed by atoms with Crippen molar-refractivity contribution in [1.29, 1.82) is 0 Å². The van der Waals surface area contributed by atoms with Crippen LogP contribution >= 0.6 is 0 Å². The Kier molecular flexibility index (Phi) is 12.2. The third-order valence-electron chi connectivity index (χ3n) is 5.73. The van der Waals surface area contributed by atoms with Gasteiger partial charge in [-0.3, -0.25) is 0 Å². The van der Waals surface area contributed by atoms with E-state index in [4.69, 9.17) is 8.85 Å². The van der Waals surface area contributed by atoms with Crippen LogP contribution in [0, 0.1) is 0 Å². The fourth-order valence-electron chi connectivity index (χ4n) is 4.87. The molecule has 0 radical (unpaired) electrons. The summed E-state index contributed by atoms with van der Waals surface area (Å²) in [5, 5.41) is 0. The first-order valence-corrected chi connectivity index (χ1v) is 17.1. The maximum atomic E-state index is 6.75. The van der Waals surface area contributed by atoms with Gasteiger partial charge < -0.3 is 8.85 Å². The van der Waals surface area contributed by atoms with Crippen LogP contribution < -0.4 is 8.85 Å². The summed E-state index contributed by atoms with van der Waals surface area (Å²) in [5.74, 6) is 2.12. The molecule has 0 amide bonds. The van der Waals surface area contributed by atoms with Crippen molar-refractivity contribution in [1.82, 2.24) is 0 Å². The molecule has 2 nitrogen and oxygen atoms in total. The zero-order valence-electron chi connectivity index (χ0n) is 19.6. The normalized spacial score (nSPS) is 12.2. The molecule has 0 atom stereocenters. The Bertz CT molecular complexity index is 435. The molecule has 0 spiro atoms.